The molecule has 0 spiro atoms. The number of nitrogens with zero attached hydrogens (tertiary/aromatic N) is 1. The smallest absolute Gasteiger partial charge is 0.258 e. The minimum Gasteiger partial charge on any atom is -0.506 e. The summed E-state index contributed by atoms with van der Waals surface area (Å²) in [7, 11) is 0. The average Bonchev–Trinajstić information content (AvgIpc) is 2.41. The van der Waals surface area contributed by atoms with Crippen molar-refractivity contribution in [2.24, 2.45) is 0 Å². The van der Waals surface area contributed by atoms with Gasteiger partial charge in [0.1, 0.15) is 5.75 Å². The van der Waals surface area contributed by atoms with Gasteiger partial charge in [0, 0.05) is 12.1 Å². The van der Waals surface area contributed by atoms with E-state index in [-0.39, 0.29) is 11.7 Å². The number of aromatic hydroxyl groups is 1. The van der Waals surface area contributed by atoms with Crippen molar-refractivity contribution in [3.05, 3.63) is 59.7 Å². The van der Waals surface area contributed by atoms with Crippen molar-refractivity contribution in [3.8, 4) is 5.75 Å². The van der Waals surface area contributed by atoms with E-state index in [9.17, 15) is 9.90 Å². The zero-order chi connectivity index (χ0) is 12.5. The molecule has 1 heterocycles. The third kappa shape index (κ3) is 1.64. The maximum Gasteiger partial charge on any atom is 0.258 e. The van der Waals surface area contributed by atoms with E-state index < -0.39 is 0 Å². The van der Waals surface area contributed by atoms with E-state index in [0.717, 1.165) is 17.5 Å². The molecule has 3 rings (SSSR count). The Bertz CT molecular complexity index is 607. The topological polar surface area (TPSA) is 40.5 Å². The fourth-order valence-electron chi connectivity index (χ4n) is 2.35. The molecule has 2 aromatic rings. The van der Waals surface area contributed by atoms with Gasteiger partial charge in [0.25, 0.3) is 5.91 Å². The number of phenols is 1. The van der Waals surface area contributed by atoms with Gasteiger partial charge in [-0.25, -0.2) is 0 Å². The maximum atomic E-state index is 12.4. The SMILES string of the molecule is O=C1c2ccccc2CCN1c1ccccc1O. The number of amides is 1. The van der Waals surface area contributed by atoms with Gasteiger partial charge in [-0.1, -0.05) is 30.3 Å². The van der Waals surface area contributed by atoms with Gasteiger partial charge in [-0.15, -0.1) is 0 Å². The molecule has 1 amide bonds. The molecule has 1 N–H and O–H groups in total. The zero-order valence-corrected chi connectivity index (χ0v) is 9.84. The number of hydrogen-bond acceptors (Lipinski definition) is 2. The van der Waals surface area contributed by atoms with Crippen molar-refractivity contribution < 1.29 is 9.90 Å². The molecule has 0 atom stereocenters. The van der Waals surface area contributed by atoms with E-state index in [1.807, 2.05) is 30.3 Å². The van der Waals surface area contributed by atoms with Gasteiger partial charge in [-0.3, -0.25) is 4.79 Å². The Labute approximate surface area is 105 Å². The summed E-state index contributed by atoms with van der Waals surface area (Å²) in [6.45, 7) is 0.605. The minimum absolute atomic E-state index is 0.0432. The minimum atomic E-state index is -0.0432. The van der Waals surface area contributed by atoms with Crippen LogP contribution in [-0.4, -0.2) is 17.6 Å². The predicted molar refractivity (Wildman–Crippen MR) is 69.9 cm³/mol. The highest BCUT2D eigenvalue weighted by Gasteiger charge is 2.26. The summed E-state index contributed by atoms with van der Waals surface area (Å²) in [5, 5.41) is 9.83. The van der Waals surface area contributed by atoms with Gasteiger partial charge < -0.3 is 10.0 Å². The quantitative estimate of drug-likeness (QED) is 0.831. The summed E-state index contributed by atoms with van der Waals surface area (Å²) in [6.07, 6.45) is 0.816. The van der Waals surface area contributed by atoms with Crippen LogP contribution in [0.5, 0.6) is 5.75 Å². The largest absolute Gasteiger partial charge is 0.506 e. The fraction of sp³-hybridized carbons (Fsp3) is 0.133. The van der Waals surface area contributed by atoms with Gasteiger partial charge in [0.05, 0.1) is 5.69 Å². The molecule has 2 aromatic carbocycles. The van der Waals surface area contributed by atoms with Gasteiger partial charge >= 0.3 is 0 Å². The van der Waals surface area contributed by atoms with E-state index in [1.165, 1.54) is 0 Å². The number of hydrogen-bond donors (Lipinski definition) is 1. The average molecular weight is 239 g/mol. The highest BCUT2D eigenvalue weighted by atomic mass is 16.3. The Morgan fingerprint density at radius 1 is 1.00 bits per heavy atom. The maximum absolute atomic E-state index is 12.4. The normalized spacial score (nSPS) is 14.4. The van der Waals surface area contributed by atoms with Gasteiger partial charge in [0.15, 0.2) is 0 Å². The molecule has 3 heteroatoms. The summed E-state index contributed by atoms with van der Waals surface area (Å²) >= 11 is 0. The third-order valence-electron chi connectivity index (χ3n) is 3.27. The molecule has 18 heavy (non-hydrogen) atoms. The second-order valence-electron chi connectivity index (χ2n) is 4.35. The standard InChI is InChI=1S/C15H13NO2/c17-14-8-4-3-7-13(14)16-10-9-11-5-1-2-6-12(11)15(16)18/h1-8,17H,9-10H2. The second-order valence-corrected chi connectivity index (χ2v) is 4.35. The Morgan fingerprint density at radius 2 is 1.72 bits per heavy atom. The Balaban J connectivity index is 2.03. The highest BCUT2D eigenvalue weighted by Crippen LogP contribution is 2.30. The molecule has 0 bridgehead atoms. The lowest BCUT2D eigenvalue weighted by Crippen LogP contribution is -2.37. The van der Waals surface area contributed by atoms with E-state index in [0.29, 0.717) is 12.2 Å². The van der Waals surface area contributed by atoms with E-state index >= 15 is 0 Å². The lowest BCUT2D eigenvalue weighted by atomic mass is 9.98. The van der Waals surface area contributed by atoms with Crippen molar-refractivity contribution in [3.63, 3.8) is 0 Å². The third-order valence-corrected chi connectivity index (χ3v) is 3.27. The van der Waals surface area contributed by atoms with Crippen LogP contribution in [0, 0.1) is 0 Å². The Hall–Kier alpha value is -2.29. The van der Waals surface area contributed by atoms with E-state index in [1.54, 1.807) is 23.1 Å². The van der Waals surface area contributed by atoms with Crippen LogP contribution in [0.3, 0.4) is 0 Å². The molecule has 3 nitrogen and oxygen atoms in total. The van der Waals surface area contributed by atoms with E-state index in [4.69, 9.17) is 0 Å². The van der Waals surface area contributed by atoms with Crippen LogP contribution in [0.4, 0.5) is 5.69 Å². The number of anilines is 1. The molecule has 0 unspecified atom stereocenters. The Kier molecular flexibility index (Phi) is 2.52. The first-order valence-electron chi connectivity index (χ1n) is 5.95. The molecule has 1 aliphatic rings. The summed E-state index contributed by atoms with van der Waals surface area (Å²) in [4.78, 5) is 14.0. The second kappa shape index (κ2) is 4.18. The van der Waals surface area contributed by atoms with Crippen molar-refractivity contribution in [1.29, 1.82) is 0 Å². The van der Waals surface area contributed by atoms with Crippen molar-refractivity contribution in [2.45, 2.75) is 6.42 Å². The Morgan fingerprint density at radius 3 is 2.56 bits per heavy atom. The molecular formula is C15H13NO2. The van der Waals surface area contributed by atoms with Crippen LogP contribution in [0.2, 0.25) is 0 Å². The van der Waals surface area contributed by atoms with Gasteiger partial charge in [0.2, 0.25) is 0 Å². The lowest BCUT2D eigenvalue weighted by molar-refractivity contribution is 0.0980. The van der Waals surface area contributed by atoms with Gasteiger partial charge in [-0.05, 0) is 30.2 Å². The summed E-state index contributed by atoms with van der Waals surface area (Å²) < 4.78 is 0. The van der Waals surface area contributed by atoms with Crippen LogP contribution in [0.1, 0.15) is 15.9 Å². The number of benzene rings is 2. The zero-order valence-electron chi connectivity index (χ0n) is 9.84. The summed E-state index contributed by atoms with van der Waals surface area (Å²) in [5.41, 5.74) is 2.39. The summed E-state index contributed by atoms with van der Waals surface area (Å²) in [5.74, 6) is 0.101. The van der Waals surface area contributed by atoms with Crippen molar-refractivity contribution in [1.82, 2.24) is 0 Å². The first-order valence-corrected chi connectivity index (χ1v) is 5.95. The van der Waals surface area contributed by atoms with Crippen LogP contribution in [-0.2, 0) is 6.42 Å². The molecule has 0 saturated heterocycles. The molecular weight excluding hydrogens is 226 g/mol. The summed E-state index contributed by atoms with van der Waals surface area (Å²) in [6, 6.07) is 14.6. The van der Waals surface area contributed by atoms with E-state index in [2.05, 4.69) is 0 Å². The van der Waals surface area contributed by atoms with Crippen LogP contribution in [0.15, 0.2) is 48.5 Å². The first kappa shape index (κ1) is 10.8. The van der Waals surface area contributed by atoms with Crippen molar-refractivity contribution in [2.75, 3.05) is 11.4 Å². The van der Waals surface area contributed by atoms with Crippen molar-refractivity contribution >= 4 is 11.6 Å². The number of para-hydroxylation sites is 2. The molecule has 0 aromatic heterocycles. The lowest BCUT2D eigenvalue weighted by Gasteiger charge is -2.28. The monoisotopic (exact) mass is 239 g/mol. The molecule has 0 aliphatic carbocycles. The molecule has 1 aliphatic heterocycles. The number of carbonyl (C=O) groups is 1. The number of carbonyl (C=O) groups excluding carboxylic acids is 1. The number of phenolic OH excluding ortho intramolecular Hbond substituents is 1. The predicted octanol–water partition coefficient (Wildman–Crippen LogP) is 2.60. The molecule has 0 saturated carbocycles. The molecule has 0 radical (unpaired) electrons. The highest BCUT2D eigenvalue weighted by molar-refractivity contribution is 6.08. The first-order chi connectivity index (χ1) is 8.77. The van der Waals surface area contributed by atoms with Crippen LogP contribution >= 0.6 is 0 Å². The van der Waals surface area contributed by atoms with Gasteiger partial charge in [-0.2, -0.15) is 0 Å². The fourth-order valence-corrected chi connectivity index (χ4v) is 2.35. The molecule has 0 fully saturated rings. The van der Waals surface area contributed by atoms with Crippen LogP contribution < -0.4 is 4.90 Å². The number of rotatable bonds is 1. The number of fused-ring (bicyclic) bond motifs is 1. The van der Waals surface area contributed by atoms with Crippen LogP contribution in [0.25, 0.3) is 0 Å². The molecule has 90 valence electrons.